The van der Waals surface area contributed by atoms with Crippen molar-refractivity contribution in [3.05, 3.63) is 0 Å². The van der Waals surface area contributed by atoms with Gasteiger partial charge >= 0.3 is 0 Å². The Morgan fingerprint density at radius 3 is 2.82 bits per heavy atom. The van der Waals surface area contributed by atoms with Crippen molar-refractivity contribution in [2.45, 2.75) is 45.6 Å². The van der Waals surface area contributed by atoms with Gasteiger partial charge in [0.15, 0.2) is 0 Å². The van der Waals surface area contributed by atoms with E-state index in [1.807, 2.05) is 6.92 Å². The molecule has 0 spiro atoms. The Labute approximate surface area is 69.3 Å². The van der Waals surface area contributed by atoms with Gasteiger partial charge in [0.1, 0.15) is 0 Å². The summed E-state index contributed by atoms with van der Waals surface area (Å²) in [6, 6.07) is 0.625. The normalized spacial score (nSPS) is 31.1. The summed E-state index contributed by atoms with van der Waals surface area (Å²) in [6.07, 6.45) is 5.31. The molecule has 0 aromatic rings. The van der Waals surface area contributed by atoms with Gasteiger partial charge in [0, 0.05) is 6.04 Å². The van der Waals surface area contributed by atoms with Crippen LogP contribution in [0.25, 0.3) is 0 Å². The molecule has 1 rings (SSSR count). The molecule has 1 fully saturated rings. The maximum absolute atomic E-state index is 5.20. The van der Waals surface area contributed by atoms with Crippen molar-refractivity contribution in [1.29, 1.82) is 0 Å². The first-order chi connectivity index (χ1) is 5.38. The Hall–Kier alpha value is -0.0800. The van der Waals surface area contributed by atoms with Crippen molar-refractivity contribution in [2.24, 2.45) is 5.92 Å². The molecule has 2 heteroatoms. The van der Waals surface area contributed by atoms with Gasteiger partial charge in [-0.3, -0.25) is 0 Å². The monoisotopic (exact) mass is 157 g/mol. The maximum atomic E-state index is 5.20. The molecule has 2 unspecified atom stereocenters. The molecular weight excluding hydrogens is 138 g/mol. The SMILES string of the molecule is CCONC1CCCC1CC. The molecule has 11 heavy (non-hydrogen) atoms. The second-order valence-electron chi connectivity index (χ2n) is 3.26. The van der Waals surface area contributed by atoms with Crippen molar-refractivity contribution in [3.8, 4) is 0 Å². The molecule has 0 aromatic carbocycles. The quantitative estimate of drug-likeness (QED) is 0.631. The van der Waals surface area contributed by atoms with E-state index in [-0.39, 0.29) is 0 Å². The fourth-order valence-electron chi connectivity index (χ4n) is 1.87. The van der Waals surface area contributed by atoms with E-state index in [4.69, 9.17) is 4.84 Å². The van der Waals surface area contributed by atoms with Crippen LogP contribution in [0.5, 0.6) is 0 Å². The third kappa shape index (κ3) is 2.46. The van der Waals surface area contributed by atoms with E-state index in [1.54, 1.807) is 0 Å². The molecule has 1 aliphatic rings. The predicted molar refractivity (Wildman–Crippen MR) is 46.2 cm³/mol. The molecular formula is C9H19NO. The van der Waals surface area contributed by atoms with E-state index in [1.165, 1.54) is 25.7 Å². The van der Waals surface area contributed by atoms with Gasteiger partial charge in [0.2, 0.25) is 0 Å². The highest BCUT2D eigenvalue weighted by molar-refractivity contribution is 4.79. The van der Waals surface area contributed by atoms with Gasteiger partial charge in [0.05, 0.1) is 6.61 Å². The molecule has 0 radical (unpaired) electrons. The van der Waals surface area contributed by atoms with Crippen molar-refractivity contribution in [3.63, 3.8) is 0 Å². The van der Waals surface area contributed by atoms with Gasteiger partial charge in [-0.2, -0.15) is 5.48 Å². The number of hydrogen-bond acceptors (Lipinski definition) is 2. The van der Waals surface area contributed by atoms with Gasteiger partial charge in [-0.1, -0.05) is 19.8 Å². The third-order valence-electron chi connectivity index (χ3n) is 2.56. The molecule has 0 heterocycles. The van der Waals surface area contributed by atoms with Crippen LogP contribution in [0.3, 0.4) is 0 Å². The van der Waals surface area contributed by atoms with Gasteiger partial charge in [-0.15, -0.1) is 0 Å². The number of rotatable bonds is 4. The largest absolute Gasteiger partial charge is 0.302 e. The lowest BCUT2D eigenvalue weighted by Gasteiger charge is -2.18. The van der Waals surface area contributed by atoms with Gasteiger partial charge in [-0.25, -0.2) is 0 Å². The zero-order chi connectivity index (χ0) is 8.10. The highest BCUT2D eigenvalue weighted by Gasteiger charge is 2.25. The summed E-state index contributed by atoms with van der Waals surface area (Å²) in [5, 5.41) is 0. The topological polar surface area (TPSA) is 21.3 Å². The zero-order valence-electron chi connectivity index (χ0n) is 7.60. The maximum Gasteiger partial charge on any atom is 0.0654 e. The fourth-order valence-corrected chi connectivity index (χ4v) is 1.87. The molecule has 0 aliphatic heterocycles. The molecule has 1 aliphatic carbocycles. The van der Waals surface area contributed by atoms with E-state index in [0.29, 0.717) is 6.04 Å². The van der Waals surface area contributed by atoms with Crippen LogP contribution in [-0.4, -0.2) is 12.6 Å². The number of nitrogens with one attached hydrogen (secondary N) is 1. The van der Waals surface area contributed by atoms with E-state index >= 15 is 0 Å². The minimum absolute atomic E-state index is 0.625. The Morgan fingerprint density at radius 2 is 2.18 bits per heavy atom. The molecule has 0 aromatic heterocycles. The predicted octanol–water partition coefficient (Wildman–Crippen LogP) is 2.11. The van der Waals surface area contributed by atoms with Crippen LogP contribution in [0, 0.1) is 5.92 Å². The summed E-state index contributed by atoms with van der Waals surface area (Å²) in [7, 11) is 0. The summed E-state index contributed by atoms with van der Waals surface area (Å²) >= 11 is 0. The van der Waals surface area contributed by atoms with Crippen LogP contribution in [0.15, 0.2) is 0 Å². The van der Waals surface area contributed by atoms with E-state index in [2.05, 4.69) is 12.4 Å². The second-order valence-corrected chi connectivity index (χ2v) is 3.26. The van der Waals surface area contributed by atoms with Crippen LogP contribution in [0.4, 0.5) is 0 Å². The molecule has 1 saturated carbocycles. The van der Waals surface area contributed by atoms with Crippen molar-refractivity contribution in [1.82, 2.24) is 5.48 Å². The smallest absolute Gasteiger partial charge is 0.0654 e. The first-order valence-electron chi connectivity index (χ1n) is 4.75. The van der Waals surface area contributed by atoms with Crippen molar-refractivity contribution < 1.29 is 4.84 Å². The summed E-state index contributed by atoms with van der Waals surface area (Å²) < 4.78 is 0. The first kappa shape index (κ1) is 9.01. The Kier molecular flexibility index (Phi) is 3.87. The van der Waals surface area contributed by atoms with Crippen molar-refractivity contribution >= 4 is 0 Å². The highest BCUT2D eigenvalue weighted by atomic mass is 16.6. The Balaban J connectivity index is 2.20. The molecule has 0 bridgehead atoms. The van der Waals surface area contributed by atoms with Crippen LogP contribution < -0.4 is 5.48 Å². The molecule has 1 N–H and O–H groups in total. The summed E-state index contributed by atoms with van der Waals surface area (Å²) in [5.74, 6) is 0.849. The van der Waals surface area contributed by atoms with Crippen LogP contribution in [0.1, 0.15) is 39.5 Å². The standard InChI is InChI=1S/C9H19NO/c1-3-8-6-5-7-9(8)10-11-4-2/h8-10H,3-7H2,1-2H3. The zero-order valence-corrected chi connectivity index (χ0v) is 7.60. The van der Waals surface area contributed by atoms with Crippen LogP contribution in [-0.2, 0) is 4.84 Å². The van der Waals surface area contributed by atoms with Crippen LogP contribution >= 0.6 is 0 Å². The lowest BCUT2D eigenvalue weighted by atomic mass is 10.0. The first-order valence-corrected chi connectivity index (χ1v) is 4.75. The lowest BCUT2D eigenvalue weighted by Crippen LogP contribution is -2.32. The average Bonchev–Trinajstić information content (AvgIpc) is 2.47. The minimum atomic E-state index is 0.625. The average molecular weight is 157 g/mol. The third-order valence-corrected chi connectivity index (χ3v) is 2.56. The Bertz CT molecular complexity index is 106. The summed E-state index contributed by atoms with van der Waals surface area (Å²) in [5.41, 5.74) is 3.13. The minimum Gasteiger partial charge on any atom is -0.302 e. The number of hydrogen-bond donors (Lipinski definition) is 1. The molecule has 0 amide bonds. The van der Waals surface area contributed by atoms with Gasteiger partial charge in [-0.05, 0) is 25.7 Å². The van der Waals surface area contributed by atoms with Gasteiger partial charge in [0.25, 0.3) is 0 Å². The number of hydroxylamine groups is 1. The summed E-state index contributed by atoms with van der Waals surface area (Å²) in [4.78, 5) is 5.20. The highest BCUT2D eigenvalue weighted by Crippen LogP contribution is 2.27. The molecule has 66 valence electrons. The van der Waals surface area contributed by atoms with E-state index < -0.39 is 0 Å². The van der Waals surface area contributed by atoms with E-state index in [0.717, 1.165) is 12.5 Å². The lowest BCUT2D eigenvalue weighted by molar-refractivity contribution is 0.0145. The summed E-state index contributed by atoms with van der Waals surface area (Å²) in [6.45, 7) is 5.05. The molecule has 0 saturated heterocycles. The molecule has 2 nitrogen and oxygen atoms in total. The van der Waals surface area contributed by atoms with E-state index in [9.17, 15) is 0 Å². The Morgan fingerprint density at radius 1 is 1.36 bits per heavy atom. The van der Waals surface area contributed by atoms with Crippen molar-refractivity contribution in [2.75, 3.05) is 6.61 Å². The van der Waals surface area contributed by atoms with Crippen LogP contribution in [0.2, 0.25) is 0 Å². The molecule has 2 atom stereocenters. The second kappa shape index (κ2) is 4.73. The van der Waals surface area contributed by atoms with Gasteiger partial charge < -0.3 is 4.84 Å². The fraction of sp³-hybridized carbons (Fsp3) is 1.00.